The largest absolute Gasteiger partial charge is 0.481 e. The molecule has 0 aliphatic heterocycles. The lowest BCUT2D eigenvalue weighted by Crippen LogP contribution is -2.25. The fourth-order valence-electron chi connectivity index (χ4n) is 1.54. The van der Waals surface area contributed by atoms with Crippen molar-refractivity contribution in [3.05, 3.63) is 12.3 Å². The summed E-state index contributed by atoms with van der Waals surface area (Å²) >= 11 is 0. The molecule has 6 heteroatoms. The van der Waals surface area contributed by atoms with E-state index in [1.165, 1.54) is 0 Å². The van der Waals surface area contributed by atoms with Crippen LogP contribution in [0.25, 0.3) is 0 Å². The number of carboxylic acids is 1. The van der Waals surface area contributed by atoms with Crippen LogP contribution in [0.2, 0.25) is 0 Å². The molecule has 0 amide bonds. The van der Waals surface area contributed by atoms with Crippen LogP contribution in [0.5, 0.6) is 0 Å². The van der Waals surface area contributed by atoms with Crippen molar-refractivity contribution in [1.82, 2.24) is 9.97 Å². The normalized spacial score (nSPS) is 16.4. The first-order valence-corrected chi connectivity index (χ1v) is 5.51. The second-order valence-corrected chi connectivity index (χ2v) is 4.58. The van der Waals surface area contributed by atoms with Crippen molar-refractivity contribution in [2.45, 2.75) is 12.8 Å². The molecule has 1 fully saturated rings. The highest BCUT2D eigenvalue weighted by Gasteiger charge is 2.50. The molecule has 0 unspecified atom stereocenters. The summed E-state index contributed by atoms with van der Waals surface area (Å²) in [6, 6.07) is 1.74. The minimum absolute atomic E-state index is 0.423. The Morgan fingerprint density at radius 1 is 1.59 bits per heavy atom. The Morgan fingerprint density at radius 2 is 2.29 bits per heavy atom. The Kier molecular flexibility index (Phi) is 2.87. The molecule has 17 heavy (non-hydrogen) atoms. The third-order valence-corrected chi connectivity index (χ3v) is 2.96. The summed E-state index contributed by atoms with van der Waals surface area (Å²) < 4.78 is 0. The standard InChI is InChI=1S/C11H16N4O2/c1-15(2)10-12-6-3-8(14-10)13-7-11(4-5-11)9(16)17/h3,6H,4-5,7H2,1-2H3,(H,16,17)(H,12,13,14). The highest BCUT2D eigenvalue weighted by atomic mass is 16.4. The number of rotatable bonds is 5. The number of aliphatic carboxylic acids is 1. The van der Waals surface area contributed by atoms with Crippen molar-refractivity contribution in [3.8, 4) is 0 Å². The fourth-order valence-corrected chi connectivity index (χ4v) is 1.54. The number of carbonyl (C=O) groups is 1. The second-order valence-electron chi connectivity index (χ2n) is 4.58. The number of hydrogen-bond acceptors (Lipinski definition) is 5. The van der Waals surface area contributed by atoms with E-state index in [2.05, 4.69) is 15.3 Å². The van der Waals surface area contributed by atoms with Gasteiger partial charge in [-0.25, -0.2) is 4.98 Å². The van der Waals surface area contributed by atoms with Gasteiger partial charge in [0.1, 0.15) is 5.82 Å². The maximum atomic E-state index is 11.0. The number of carboxylic acid groups (broad SMARTS) is 1. The minimum atomic E-state index is -0.730. The number of aromatic nitrogens is 2. The lowest BCUT2D eigenvalue weighted by Gasteiger charge is -2.14. The summed E-state index contributed by atoms with van der Waals surface area (Å²) in [7, 11) is 3.72. The Bertz CT molecular complexity index is 429. The van der Waals surface area contributed by atoms with Gasteiger partial charge in [0, 0.05) is 26.8 Å². The van der Waals surface area contributed by atoms with Gasteiger partial charge in [-0.05, 0) is 18.9 Å². The van der Waals surface area contributed by atoms with Crippen LogP contribution < -0.4 is 10.2 Å². The van der Waals surface area contributed by atoms with Crippen molar-refractivity contribution in [3.63, 3.8) is 0 Å². The molecule has 92 valence electrons. The van der Waals surface area contributed by atoms with Crippen LogP contribution in [-0.2, 0) is 4.79 Å². The Morgan fingerprint density at radius 3 is 2.82 bits per heavy atom. The van der Waals surface area contributed by atoms with Crippen molar-refractivity contribution >= 4 is 17.7 Å². The molecule has 1 aliphatic carbocycles. The first-order valence-electron chi connectivity index (χ1n) is 5.51. The molecule has 1 aliphatic rings. The molecule has 0 atom stereocenters. The van der Waals surface area contributed by atoms with Crippen molar-refractivity contribution < 1.29 is 9.90 Å². The first-order chi connectivity index (χ1) is 8.03. The van der Waals surface area contributed by atoms with Gasteiger partial charge in [-0.2, -0.15) is 4.98 Å². The zero-order valence-corrected chi connectivity index (χ0v) is 9.97. The van der Waals surface area contributed by atoms with E-state index in [1.54, 1.807) is 17.2 Å². The minimum Gasteiger partial charge on any atom is -0.481 e. The van der Waals surface area contributed by atoms with Crippen molar-refractivity contribution in [2.75, 3.05) is 30.9 Å². The van der Waals surface area contributed by atoms with Gasteiger partial charge >= 0.3 is 5.97 Å². The summed E-state index contributed by atoms with van der Waals surface area (Å²) in [6.07, 6.45) is 3.13. The molecule has 1 aromatic heterocycles. The van der Waals surface area contributed by atoms with Crippen LogP contribution in [0.1, 0.15) is 12.8 Å². The molecule has 1 heterocycles. The van der Waals surface area contributed by atoms with Crippen LogP contribution in [0.3, 0.4) is 0 Å². The third kappa shape index (κ3) is 2.46. The Labute approximate surface area is 99.7 Å². The van der Waals surface area contributed by atoms with Gasteiger partial charge < -0.3 is 15.3 Å². The van der Waals surface area contributed by atoms with Gasteiger partial charge in [0.05, 0.1) is 5.41 Å². The van der Waals surface area contributed by atoms with Crippen molar-refractivity contribution in [2.24, 2.45) is 5.41 Å². The van der Waals surface area contributed by atoms with E-state index in [-0.39, 0.29) is 0 Å². The second kappa shape index (κ2) is 4.20. The number of nitrogens with zero attached hydrogens (tertiary/aromatic N) is 3. The predicted molar refractivity (Wildman–Crippen MR) is 64.2 cm³/mol. The molecule has 2 N–H and O–H groups in total. The predicted octanol–water partition coefficient (Wildman–Crippen LogP) is 0.819. The molecule has 6 nitrogen and oxygen atoms in total. The molecule has 0 bridgehead atoms. The van der Waals surface area contributed by atoms with Gasteiger partial charge in [-0.3, -0.25) is 4.79 Å². The fraction of sp³-hybridized carbons (Fsp3) is 0.545. The lowest BCUT2D eigenvalue weighted by atomic mass is 10.1. The molecule has 0 aromatic carbocycles. The van der Waals surface area contributed by atoms with Gasteiger partial charge in [0.2, 0.25) is 5.95 Å². The van der Waals surface area contributed by atoms with Gasteiger partial charge in [0.25, 0.3) is 0 Å². The van der Waals surface area contributed by atoms with E-state index >= 15 is 0 Å². The van der Waals surface area contributed by atoms with Crippen LogP contribution in [-0.4, -0.2) is 41.7 Å². The van der Waals surface area contributed by atoms with E-state index in [4.69, 9.17) is 5.11 Å². The summed E-state index contributed by atoms with van der Waals surface area (Å²) in [5.41, 5.74) is -0.580. The molecular weight excluding hydrogens is 220 g/mol. The summed E-state index contributed by atoms with van der Waals surface area (Å²) in [5.74, 6) is 0.540. The van der Waals surface area contributed by atoms with Gasteiger partial charge in [-0.1, -0.05) is 0 Å². The first kappa shape index (κ1) is 11.6. The molecule has 1 saturated carbocycles. The van der Waals surface area contributed by atoms with E-state index in [9.17, 15) is 4.79 Å². The zero-order valence-electron chi connectivity index (χ0n) is 9.97. The maximum Gasteiger partial charge on any atom is 0.311 e. The molecular formula is C11H16N4O2. The summed E-state index contributed by atoms with van der Waals surface area (Å²) in [6.45, 7) is 0.423. The zero-order chi connectivity index (χ0) is 12.5. The van der Waals surface area contributed by atoms with Crippen LogP contribution in [0.15, 0.2) is 12.3 Å². The molecule has 0 saturated heterocycles. The smallest absolute Gasteiger partial charge is 0.311 e. The van der Waals surface area contributed by atoms with Gasteiger partial charge in [0.15, 0.2) is 0 Å². The summed E-state index contributed by atoms with van der Waals surface area (Å²) in [4.78, 5) is 21.2. The highest BCUT2D eigenvalue weighted by Crippen LogP contribution is 2.45. The molecule has 2 rings (SSSR count). The average molecular weight is 236 g/mol. The SMILES string of the molecule is CN(C)c1nccc(NCC2(C(=O)O)CC2)n1. The van der Waals surface area contributed by atoms with Crippen LogP contribution in [0, 0.1) is 5.41 Å². The maximum absolute atomic E-state index is 11.0. The van der Waals surface area contributed by atoms with Crippen LogP contribution >= 0.6 is 0 Å². The molecule has 1 aromatic rings. The number of hydrogen-bond donors (Lipinski definition) is 2. The highest BCUT2D eigenvalue weighted by molar-refractivity contribution is 5.78. The quantitative estimate of drug-likeness (QED) is 0.788. The Hall–Kier alpha value is -1.85. The number of nitrogens with one attached hydrogen (secondary N) is 1. The van der Waals surface area contributed by atoms with E-state index in [0.29, 0.717) is 18.3 Å². The van der Waals surface area contributed by atoms with Crippen molar-refractivity contribution in [1.29, 1.82) is 0 Å². The van der Waals surface area contributed by atoms with E-state index in [1.807, 2.05) is 14.1 Å². The molecule has 0 spiro atoms. The monoisotopic (exact) mass is 236 g/mol. The average Bonchev–Trinajstić information content (AvgIpc) is 3.08. The van der Waals surface area contributed by atoms with E-state index < -0.39 is 11.4 Å². The van der Waals surface area contributed by atoms with Crippen LogP contribution in [0.4, 0.5) is 11.8 Å². The number of anilines is 2. The molecule has 0 radical (unpaired) electrons. The lowest BCUT2D eigenvalue weighted by molar-refractivity contribution is -0.142. The van der Waals surface area contributed by atoms with Gasteiger partial charge in [-0.15, -0.1) is 0 Å². The third-order valence-electron chi connectivity index (χ3n) is 2.96. The van der Waals surface area contributed by atoms with E-state index in [0.717, 1.165) is 12.8 Å². The topological polar surface area (TPSA) is 78.4 Å². The summed E-state index contributed by atoms with van der Waals surface area (Å²) in [5, 5.41) is 12.1. The Balaban J connectivity index is 2.00.